The number of nitrogens with two attached hydrogens (primary N) is 1. The number of carbonyl (C=O) groups is 2. The number of carboxylic acids is 1. The van der Waals surface area contributed by atoms with Gasteiger partial charge in [0.2, 0.25) is 5.91 Å². The van der Waals surface area contributed by atoms with Gasteiger partial charge in [-0.15, -0.1) is 0 Å². The molecular formula is C15H15ClN2O3. The summed E-state index contributed by atoms with van der Waals surface area (Å²) >= 11 is 5.98. The second-order valence-electron chi connectivity index (χ2n) is 4.86. The summed E-state index contributed by atoms with van der Waals surface area (Å²) in [4.78, 5) is 23.4. The first-order valence-corrected chi connectivity index (χ1v) is 6.67. The van der Waals surface area contributed by atoms with Crippen molar-refractivity contribution in [3.05, 3.63) is 57.4 Å². The Kier molecular flexibility index (Phi) is 4.04. The van der Waals surface area contributed by atoms with Crippen molar-refractivity contribution in [3.8, 4) is 0 Å². The largest absolute Gasteiger partial charge is 0.478 e. The van der Waals surface area contributed by atoms with Gasteiger partial charge in [-0.25, -0.2) is 4.79 Å². The van der Waals surface area contributed by atoms with Crippen molar-refractivity contribution < 1.29 is 14.7 Å². The van der Waals surface area contributed by atoms with E-state index in [1.165, 1.54) is 0 Å². The third kappa shape index (κ3) is 2.78. The Hall–Kier alpha value is -2.27. The van der Waals surface area contributed by atoms with Crippen LogP contribution in [0.1, 0.15) is 25.3 Å². The van der Waals surface area contributed by atoms with Crippen LogP contribution in [0.2, 0.25) is 5.02 Å². The molecule has 0 fully saturated rings. The van der Waals surface area contributed by atoms with Crippen molar-refractivity contribution in [2.24, 2.45) is 5.73 Å². The van der Waals surface area contributed by atoms with E-state index in [-0.39, 0.29) is 11.1 Å². The Morgan fingerprint density at radius 2 is 1.86 bits per heavy atom. The number of nitrogens with one attached hydrogen (secondary N) is 1. The molecule has 1 aliphatic heterocycles. The van der Waals surface area contributed by atoms with E-state index in [1.807, 2.05) is 0 Å². The number of aliphatic carboxylic acids is 1. The molecule has 0 aliphatic carbocycles. The van der Waals surface area contributed by atoms with Gasteiger partial charge in [0, 0.05) is 22.0 Å². The van der Waals surface area contributed by atoms with Gasteiger partial charge in [0.05, 0.1) is 11.5 Å². The van der Waals surface area contributed by atoms with Gasteiger partial charge >= 0.3 is 5.97 Å². The molecule has 0 bridgehead atoms. The van der Waals surface area contributed by atoms with E-state index in [1.54, 1.807) is 38.1 Å². The molecule has 1 amide bonds. The Morgan fingerprint density at radius 3 is 2.38 bits per heavy atom. The van der Waals surface area contributed by atoms with Crippen molar-refractivity contribution in [1.29, 1.82) is 0 Å². The van der Waals surface area contributed by atoms with Gasteiger partial charge in [0.15, 0.2) is 0 Å². The molecule has 0 saturated heterocycles. The van der Waals surface area contributed by atoms with Crippen LogP contribution in [0.15, 0.2) is 46.8 Å². The molecule has 1 unspecified atom stereocenters. The lowest BCUT2D eigenvalue weighted by atomic mass is 9.80. The van der Waals surface area contributed by atoms with Crippen LogP contribution < -0.4 is 11.1 Å². The summed E-state index contributed by atoms with van der Waals surface area (Å²) in [7, 11) is 0. The molecule has 1 aromatic carbocycles. The summed E-state index contributed by atoms with van der Waals surface area (Å²) in [6.45, 7) is 3.35. The standard InChI is InChI=1S/C15H15ClN2O3/c1-7-11(14(17)19)13(9-4-3-5-10(16)6-9)12(15(20)21)8(2)18-7/h3-6,13,18H,1-2H3,(H2,17,19)(H,20,21). The number of carbonyl (C=O) groups excluding carboxylic acids is 1. The minimum atomic E-state index is -1.10. The number of amides is 1. The maximum absolute atomic E-state index is 11.8. The number of allylic oxidation sites excluding steroid dienone is 2. The molecule has 4 N–H and O–H groups in total. The van der Waals surface area contributed by atoms with E-state index in [0.717, 1.165) is 0 Å². The van der Waals surface area contributed by atoms with Gasteiger partial charge < -0.3 is 16.2 Å². The van der Waals surface area contributed by atoms with Crippen molar-refractivity contribution in [3.63, 3.8) is 0 Å². The zero-order chi connectivity index (χ0) is 15.7. The Balaban J connectivity index is 2.70. The molecule has 2 rings (SSSR count). The van der Waals surface area contributed by atoms with Gasteiger partial charge in [-0.2, -0.15) is 0 Å². The van der Waals surface area contributed by atoms with Gasteiger partial charge in [-0.05, 0) is 31.5 Å². The van der Waals surface area contributed by atoms with Crippen molar-refractivity contribution in [1.82, 2.24) is 5.32 Å². The number of hydrogen-bond acceptors (Lipinski definition) is 3. The fourth-order valence-corrected chi connectivity index (χ4v) is 2.82. The van der Waals surface area contributed by atoms with Crippen molar-refractivity contribution in [2.75, 3.05) is 0 Å². The number of carboxylic acid groups (broad SMARTS) is 1. The van der Waals surface area contributed by atoms with Crippen LogP contribution in [0.25, 0.3) is 0 Å². The molecule has 1 heterocycles. The lowest BCUT2D eigenvalue weighted by Crippen LogP contribution is -2.33. The Bertz CT molecular complexity index is 656. The molecule has 0 radical (unpaired) electrons. The monoisotopic (exact) mass is 306 g/mol. The average molecular weight is 307 g/mol. The molecule has 21 heavy (non-hydrogen) atoms. The zero-order valence-corrected chi connectivity index (χ0v) is 12.4. The molecule has 1 aromatic rings. The second-order valence-corrected chi connectivity index (χ2v) is 5.30. The van der Waals surface area contributed by atoms with Crippen LogP contribution in [-0.4, -0.2) is 17.0 Å². The summed E-state index contributed by atoms with van der Waals surface area (Å²) < 4.78 is 0. The van der Waals surface area contributed by atoms with E-state index in [9.17, 15) is 14.7 Å². The number of primary amides is 1. The summed E-state index contributed by atoms with van der Waals surface area (Å²) in [5, 5.41) is 12.9. The van der Waals surface area contributed by atoms with Gasteiger partial charge in [0.25, 0.3) is 0 Å². The number of hydrogen-bond donors (Lipinski definition) is 3. The fraction of sp³-hybridized carbons (Fsp3) is 0.200. The summed E-state index contributed by atoms with van der Waals surface area (Å²) in [5.74, 6) is -2.49. The molecule has 0 aromatic heterocycles. The number of benzene rings is 1. The van der Waals surface area contributed by atoms with E-state index >= 15 is 0 Å². The average Bonchev–Trinajstić information content (AvgIpc) is 2.36. The highest BCUT2D eigenvalue weighted by Crippen LogP contribution is 2.38. The topological polar surface area (TPSA) is 92.4 Å². The molecule has 6 heteroatoms. The predicted octanol–water partition coefficient (Wildman–Crippen LogP) is 2.14. The highest BCUT2D eigenvalue weighted by atomic mass is 35.5. The third-order valence-electron chi connectivity index (χ3n) is 3.44. The van der Waals surface area contributed by atoms with E-state index < -0.39 is 17.8 Å². The minimum Gasteiger partial charge on any atom is -0.478 e. The molecular weight excluding hydrogens is 292 g/mol. The highest BCUT2D eigenvalue weighted by molar-refractivity contribution is 6.30. The molecule has 1 atom stereocenters. The van der Waals surface area contributed by atoms with Crippen molar-refractivity contribution >= 4 is 23.5 Å². The first-order valence-electron chi connectivity index (χ1n) is 6.30. The van der Waals surface area contributed by atoms with Crippen LogP contribution in [0.4, 0.5) is 0 Å². The predicted molar refractivity (Wildman–Crippen MR) is 79.6 cm³/mol. The highest BCUT2D eigenvalue weighted by Gasteiger charge is 2.35. The SMILES string of the molecule is CC1=C(C(N)=O)C(c2cccc(Cl)c2)C(C(=O)O)=C(C)N1. The normalized spacial score (nSPS) is 18.5. The lowest BCUT2D eigenvalue weighted by Gasteiger charge is -2.29. The smallest absolute Gasteiger partial charge is 0.334 e. The number of rotatable bonds is 3. The van der Waals surface area contributed by atoms with Crippen molar-refractivity contribution in [2.45, 2.75) is 19.8 Å². The lowest BCUT2D eigenvalue weighted by molar-refractivity contribution is -0.133. The van der Waals surface area contributed by atoms with Crippen LogP contribution in [-0.2, 0) is 9.59 Å². The minimum absolute atomic E-state index is 0.0941. The quantitative estimate of drug-likeness (QED) is 0.797. The molecule has 1 aliphatic rings. The van der Waals surface area contributed by atoms with Crippen LogP contribution in [0.5, 0.6) is 0 Å². The van der Waals surface area contributed by atoms with Crippen LogP contribution in [0.3, 0.4) is 0 Å². The van der Waals surface area contributed by atoms with Gasteiger partial charge in [-0.1, -0.05) is 23.7 Å². The molecule has 0 saturated carbocycles. The maximum atomic E-state index is 11.8. The van der Waals surface area contributed by atoms with E-state index in [0.29, 0.717) is 22.0 Å². The van der Waals surface area contributed by atoms with Crippen LogP contribution >= 0.6 is 11.6 Å². The Morgan fingerprint density at radius 1 is 1.24 bits per heavy atom. The van der Waals surface area contributed by atoms with Gasteiger partial charge in [-0.3, -0.25) is 4.79 Å². The zero-order valence-electron chi connectivity index (χ0n) is 11.6. The number of dihydropyridines is 1. The fourth-order valence-electron chi connectivity index (χ4n) is 2.62. The van der Waals surface area contributed by atoms with E-state index in [2.05, 4.69) is 5.32 Å². The Labute approximate surface area is 127 Å². The second kappa shape index (κ2) is 5.61. The van der Waals surface area contributed by atoms with Crippen LogP contribution in [0, 0.1) is 0 Å². The third-order valence-corrected chi connectivity index (χ3v) is 3.67. The summed E-state index contributed by atoms with van der Waals surface area (Å²) in [5.41, 5.74) is 7.43. The maximum Gasteiger partial charge on any atom is 0.334 e. The number of halogens is 1. The summed E-state index contributed by atoms with van der Waals surface area (Å²) in [6.07, 6.45) is 0. The first kappa shape index (κ1) is 15.1. The molecule has 5 nitrogen and oxygen atoms in total. The van der Waals surface area contributed by atoms with E-state index in [4.69, 9.17) is 17.3 Å². The first-order chi connectivity index (χ1) is 9.82. The summed E-state index contributed by atoms with van der Waals surface area (Å²) in [6, 6.07) is 6.77. The molecule has 0 spiro atoms. The molecule has 110 valence electrons. The van der Waals surface area contributed by atoms with Gasteiger partial charge in [0.1, 0.15) is 0 Å².